The fraction of sp³-hybridized carbons (Fsp3) is 0.467. The number of rotatable bonds is 7. The molecule has 0 bridgehead atoms. The summed E-state index contributed by atoms with van der Waals surface area (Å²) in [6, 6.07) is 5.38. The molecule has 124 valence electrons. The van der Waals surface area contributed by atoms with Crippen molar-refractivity contribution in [2.45, 2.75) is 26.3 Å². The SMILES string of the molecule is CC(C)[C@](C)(C#N)NC(=O)COC(=O)CNC(=O)c1cccs1. The number of carbonyl (C=O) groups excluding carboxylic acids is 3. The van der Waals surface area contributed by atoms with Gasteiger partial charge in [0.05, 0.1) is 10.9 Å². The number of hydrogen-bond acceptors (Lipinski definition) is 6. The lowest BCUT2D eigenvalue weighted by molar-refractivity contribution is -0.147. The molecule has 1 rings (SSSR count). The van der Waals surface area contributed by atoms with Gasteiger partial charge in [-0.3, -0.25) is 14.4 Å². The molecule has 2 N–H and O–H groups in total. The van der Waals surface area contributed by atoms with Gasteiger partial charge in [0, 0.05) is 0 Å². The van der Waals surface area contributed by atoms with Crippen molar-refractivity contribution in [3.63, 3.8) is 0 Å². The van der Waals surface area contributed by atoms with Crippen LogP contribution in [-0.2, 0) is 14.3 Å². The van der Waals surface area contributed by atoms with E-state index in [9.17, 15) is 14.4 Å². The van der Waals surface area contributed by atoms with Crippen molar-refractivity contribution >= 4 is 29.1 Å². The van der Waals surface area contributed by atoms with Gasteiger partial charge in [0.1, 0.15) is 12.1 Å². The molecule has 0 aliphatic heterocycles. The standard InChI is InChI=1S/C15H19N3O4S/c1-10(2)15(3,9-16)18-12(19)8-22-13(20)7-17-14(21)11-5-4-6-23-11/h4-6,10H,7-8H2,1-3H3,(H,17,21)(H,18,19)/t15-/m0/s1. The van der Waals surface area contributed by atoms with Gasteiger partial charge in [0.2, 0.25) is 0 Å². The summed E-state index contributed by atoms with van der Waals surface area (Å²) in [7, 11) is 0. The fourth-order valence-electron chi connectivity index (χ4n) is 1.47. The summed E-state index contributed by atoms with van der Waals surface area (Å²) < 4.78 is 4.77. The first kappa shape index (κ1) is 18.6. The van der Waals surface area contributed by atoms with E-state index in [2.05, 4.69) is 10.6 Å². The summed E-state index contributed by atoms with van der Waals surface area (Å²) in [4.78, 5) is 35.3. The van der Waals surface area contributed by atoms with Crippen molar-refractivity contribution in [3.05, 3.63) is 22.4 Å². The minimum absolute atomic E-state index is 0.0998. The molecule has 0 saturated heterocycles. The Labute approximate surface area is 138 Å². The van der Waals surface area contributed by atoms with Crippen LogP contribution in [0, 0.1) is 17.2 Å². The lowest BCUT2D eigenvalue weighted by Crippen LogP contribution is -2.50. The summed E-state index contributed by atoms with van der Waals surface area (Å²) in [5.74, 6) is -1.77. The average Bonchev–Trinajstić information content (AvgIpc) is 3.04. The zero-order valence-electron chi connectivity index (χ0n) is 13.2. The molecule has 1 heterocycles. The maximum atomic E-state index is 11.7. The van der Waals surface area contributed by atoms with Gasteiger partial charge < -0.3 is 15.4 Å². The Bertz CT molecular complexity index is 607. The molecular formula is C15H19N3O4S. The lowest BCUT2D eigenvalue weighted by atomic mass is 9.90. The first-order valence-electron chi connectivity index (χ1n) is 6.98. The summed E-state index contributed by atoms with van der Waals surface area (Å²) in [5.41, 5.74) is -1.03. The van der Waals surface area contributed by atoms with Crippen molar-refractivity contribution in [1.29, 1.82) is 5.26 Å². The third kappa shape index (κ3) is 5.71. The average molecular weight is 337 g/mol. The number of carbonyl (C=O) groups is 3. The van der Waals surface area contributed by atoms with Gasteiger partial charge >= 0.3 is 5.97 Å². The highest BCUT2D eigenvalue weighted by atomic mass is 32.1. The second-order valence-electron chi connectivity index (χ2n) is 5.34. The number of thiophene rings is 1. The smallest absolute Gasteiger partial charge is 0.325 e. The summed E-state index contributed by atoms with van der Waals surface area (Å²) in [6.45, 7) is 4.37. The van der Waals surface area contributed by atoms with E-state index in [1.165, 1.54) is 11.3 Å². The number of nitriles is 1. The highest BCUT2D eigenvalue weighted by molar-refractivity contribution is 7.12. The molecule has 0 radical (unpaired) electrons. The third-order valence-electron chi connectivity index (χ3n) is 3.29. The van der Waals surface area contributed by atoms with Crippen LogP contribution in [0.3, 0.4) is 0 Å². The van der Waals surface area contributed by atoms with Gasteiger partial charge in [0.25, 0.3) is 11.8 Å². The third-order valence-corrected chi connectivity index (χ3v) is 4.16. The van der Waals surface area contributed by atoms with E-state index in [1.807, 2.05) is 6.07 Å². The number of amides is 2. The van der Waals surface area contributed by atoms with Gasteiger partial charge in [-0.05, 0) is 24.3 Å². The van der Waals surface area contributed by atoms with Crippen molar-refractivity contribution in [2.75, 3.05) is 13.2 Å². The van der Waals surface area contributed by atoms with E-state index in [0.29, 0.717) is 4.88 Å². The summed E-state index contributed by atoms with van der Waals surface area (Å²) >= 11 is 1.25. The minimum atomic E-state index is -1.03. The van der Waals surface area contributed by atoms with E-state index in [1.54, 1.807) is 38.3 Å². The monoisotopic (exact) mass is 337 g/mol. The van der Waals surface area contributed by atoms with Gasteiger partial charge in [-0.1, -0.05) is 19.9 Å². The molecule has 8 heteroatoms. The van der Waals surface area contributed by atoms with Crippen LogP contribution in [-0.4, -0.2) is 36.5 Å². The number of nitrogens with zero attached hydrogens (tertiary/aromatic N) is 1. The quantitative estimate of drug-likeness (QED) is 0.724. The summed E-state index contributed by atoms with van der Waals surface area (Å²) in [6.07, 6.45) is 0. The molecule has 0 aliphatic rings. The maximum Gasteiger partial charge on any atom is 0.325 e. The molecule has 1 aromatic heterocycles. The molecule has 0 aliphatic carbocycles. The second kappa shape index (κ2) is 8.29. The Morgan fingerprint density at radius 3 is 2.65 bits per heavy atom. The predicted octanol–water partition coefficient (Wildman–Crippen LogP) is 1.08. The van der Waals surface area contributed by atoms with Crippen LogP contribution in [0.5, 0.6) is 0 Å². The van der Waals surface area contributed by atoms with Crippen LogP contribution in [0.2, 0.25) is 0 Å². The molecule has 0 spiro atoms. The fourth-order valence-corrected chi connectivity index (χ4v) is 2.11. The Morgan fingerprint density at radius 1 is 1.43 bits per heavy atom. The first-order valence-corrected chi connectivity index (χ1v) is 7.86. The Balaban J connectivity index is 2.34. The van der Waals surface area contributed by atoms with Gasteiger partial charge in [-0.25, -0.2) is 0 Å². The van der Waals surface area contributed by atoms with Gasteiger partial charge in [-0.15, -0.1) is 11.3 Å². The van der Waals surface area contributed by atoms with E-state index >= 15 is 0 Å². The maximum absolute atomic E-state index is 11.7. The molecule has 0 saturated carbocycles. The van der Waals surface area contributed by atoms with Crippen LogP contribution in [0.4, 0.5) is 0 Å². The van der Waals surface area contributed by atoms with Crippen molar-refractivity contribution < 1.29 is 19.1 Å². The molecule has 2 amide bonds. The molecular weight excluding hydrogens is 318 g/mol. The van der Waals surface area contributed by atoms with E-state index in [0.717, 1.165) is 0 Å². The van der Waals surface area contributed by atoms with Crippen LogP contribution in [0.1, 0.15) is 30.4 Å². The Morgan fingerprint density at radius 2 is 2.13 bits per heavy atom. The van der Waals surface area contributed by atoms with Crippen molar-refractivity contribution in [1.82, 2.24) is 10.6 Å². The largest absolute Gasteiger partial charge is 0.454 e. The number of nitrogens with one attached hydrogen (secondary N) is 2. The normalized spacial score (nSPS) is 12.8. The Kier molecular flexibility index (Phi) is 6.72. The number of ether oxygens (including phenoxy) is 1. The zero-order chi connectivity index (χ0) is 17.5. The van der Waals surface area contributed by atoms with Crippen LogP contribution in [0.15, 0.2) is 17.5 Å². The molecule has 0 unspecified atom stereocenters. The summed E-state index contributed by atoms with van der Waals surface area (Å²) in [5, 5.41) is 15.8. The van der Waals surface area contributed by atoms with Crippen LogP contribution >= 0.6 is 11.3 Å². The van der Waals surface area contributed by atoms with Crippen molar-refractivity contribution in [3.8, 4) is 6.07 Å². The lowest BCUT2D eigenvalue weighted by Gasteiger charge is -2.27. The molecule has 0 fully saturated rings. The van der Waals surface area contributed by atoms with Gasteiger partial charge in [-0.2, -0.15) is 5.26 Å². The van der Waals surface area contributed by atoms with Gasteiger partial charge in [0.15, 0.2) is 6.61 Å². The topological polar surface area (TPSA) is 108 Å². The molecule has 0 aromatic carbocycles. The first-order chi connectivity index (χ1) is 10.8. The number of hydrogen-bond donors (Lipinski definition) is 2. The second-order valence-corrected chi connectivity index (χ2v) is 6.29. The van der Waals surface area contributed by atoms with Crippen LogP contribution < -0.4 is 10.6 Å². The minimum Gasteiger partial charge on any atom is -0.454 e. The highest BCUT2D eigenvalue weighted by Gasteiger charge is 2.30. The molecule has 7 nitrogen and oxygen atoms in total. The number of esters is 1. The van der Waals surface area contributed by atoms with Crippen LogP contribution in [0.25, 0.3) is 0 Å². The molecule has 1 aromatic rings. The predicted molar refractivity (Wildman–Crippen MR) is 84.6 cm³/mol. The van der Waals surface area contributed by atoms with E-state index in [4.69, 9.17) is 10.00 Å². The molecule has 1 atom stereocenters. The molecule has 23 heavy (non-hydrogen) atoms. The zero-order valence-corrected chi connectivity index (χ0v) is 14.0. The van der Waals surface area contributed by atoms with E-state index in [-0.39, 0.29) is 18.4 Å². The van der Waals surface area contributed by atoms with Crippen molar-refractivity contribution in [2.24, 2.45) is 5.92 Å². The van der Waals surface area contributed by atoms with E-state index < -0.39 is 24.0 Å². The highest BCUT2D eigenvalue weighted by Crippen LogP contribution is 2.14. The Hall–Kier alpha value is -2.40.